The van der Waals surface area contributed by atoms with Crippen LogP contribution >= 0.6 is 0 Å². The molecule has 0 spiro atoms. The summed E-state index contributed by atoms with van der Waals surface area (Å²) in [7, 11) is 0. The predicted octanol–water partition coefficient (Wildman–Crippen LogP) is 1.31. The number of hydrogen-bond acceptors (Lipinski definition) is 5. The lowest BCUT2D eigenvalue weighted by Gasteiger charge is -2.35. The Morgan fingerprint density at radius 3 is 2.97 bits per heavy atom. The maximum atomic E-state index is 12.5. The third kappa shape index (κ3) is 5.35. The molecule has 0 radical (unpaired) electrons. The third-order valence-electron chi connectivity index (χ3n) is 5.05. The van der Waals surface area contributed by atoms with Crippen molar-refractivity contribution < 1.29 is 14.3 Å². The highest BCUT2D eigenvalue weighted by Gasteiger charge is 2.32. The van der Waals surface area contributed by atoms with Crippen LogP contribution in [-0.2, 0) is 29.2 Å². The summed E-state index contributed by atoms with van der Waals surface area (Å²) >= 11 is 0. The number of nitrogens with zero attached hydrogens (tertiary/aromatic N) is 3. The number of para-hydroxylation sites is 1. The molecule has 0 bridgehead atoms. The summed E-state index contributed by atoms with van der Waals surface area (Å²) in [5.74, 6) is 1.34. The number of piperazine rings is 1. The van der Waals surface area contributed by atoms with Gasteiger partial charge in [-0.25, -0.2) is 4.98 Å². The molecule has 3 rings (SSSR count). The lowest BCUT2D eigenvalue weighted by Crippen LogP contribution is -2.56. The van der Waals surface area contributed by atoms with E-state index in [-0.39, 0.29) is 18.2 Å². The second-order valence-corrected chi connectivity index (χ2v) is 6.93. The molecular formula is C21H29N5O3. The van der Waals surface area contributed by atoms with Crippen molar-refractivity contribution in [2.45, 2.75) is 45.9 Å². The van der Waals surface area contributed by atoms with Crippen molar-refractivity contribution in [2.75, 3.05) is 19.7 Å². The highest BCUT2D eigenvalue weighted by atomic mass is 16.5. The largest absolute Gasteiger partial charge is 0.494 e. The van der Waals surface area contributed by atoms with Crippen molar-refractivity contribution in [2.24, 2.45) is 0 Å². The summed E-state index contributed by atoms with van der Waals surface area (Å²) in [5.41, 5.74) is 1.01. The number of nitrogens with one attached hydrogen (secondary N) is 2. The fourth-order valence-corrected chi connectivity index (χ4v) is 3.54. The molecule has 1 fully saturated rings. The van der Waals surface area contributed by atoms with Gasteiger partial charge in [-0.15, -0.1) is 0 Å². The normalized spacial score (nSPS) is 17.0. The molecule has 8 heteroatoms. The topological polar surface area (TPSA) is 88.5 Å². The highest BCUT2D eigenvalue weighted by Crippen LogP contribution is 2.22. The molecule has 2 aromatic rings. The Labute approximate surface area is 171 Å². The van der Waals surface area contributed by atoms with Crippen LogP contribution in [0.3, 0.4) is 0 Å². The average Bonchev–Trinajstić information content (AvgIpc) is 3.18. The quantitative estimate of drug-likeness (QED) is 0.664. The van der Waals surface area contributed by atoms with E-state index in [9.17, 15) is 9.59 Å². The summed E-state index contributed by atoms with van der Waals surface area (Å²) in [6.07, 6.45) is 3.71. The maximum absolute atomic E-state index is 12.5. The number of hydrogen-bond donors (Lipinski definition) is 2. The zero-order valence-electron chi connectivity index (χ0n) is 17.1. The minimum absolute atomic E-state index is 0.107. The summed E-state index contributed by atoms with van der Waals surface area (Å²) in [6, 6.07) is 7.31. The van der Waals surface area contributed by atoms with Crippen LogP contribution < -0.4 is 15.4 Å². The minimum atomic E-state index is -0.510. The van der Waals surface area contributed by atoms with Crippen LogP contribution in [-0.4, -0.2) is 52.0 Å². The number of rotatable bonds is 9. The molecule has 29 heavy (non-hydrogen) atoms. The fourth-order valence-electron chi connectivity index (χ4n) is 3.54. The van der Waals surface area contributed by atoms with Crippen molar-refractivity contribution >= 4 is 11.8 Å². The van der Waals surface area contributed by atoms with Gasteiger partial charge in [-0.1, -0.05) is 18.2 Å². The molecule has 1 aliphatic heterocycles. The number of ether oxygens (including phenoxy) is 1. The van der Waals surface area contributed by atoms with Gasteiger partial charge < -0.3 is 19.9 Å². The molecular weight excluding hydrogens is 370 g/mol. The number of carbonyl (C=O) groups is 2. The van der Waals surface area contributed by atoms with Gasteiger partial charge in [-0.05, 0) is 19.9 Å². The minimum Gasteiger partial charge on any atom is -0.494 e. The van der Waals surface area contributed by atoms with E-state index in [0.29, 0.717) is 32.8 Å². The van der Waals surface area contributed by atoms with Crippen LogP contribution in [0.4, 0.5) is 0 Å². The van der Waals surface area contributed by atoms with Crippen LogP contribution in [0.5, 0.6) is 5.75 Å². The Morgan fingerprint density at radius 1 is 1.34 bits per heavy atom. The molecule has 1 aliphatic rings. The second-order valence-electron chi connectivity index (χ2n) is 6.93. The summed E-state index contributed by atoms with van der Waals surface area (Å²) in [4.78, 5) is 31.3. The molecule has 1 aromatic heterocycles. The fraction of sp³-hybridized carbons (Fsp3) is 0.476. The molecule has 1 saturated heterocycles. The molecule has 2 amide bonds. The highest BCUT2D eigenvalue weighted by molar-refractivity contribution is 5.88. The van der Waals surface area contributed by atoms with E-state index in [2.05, 4.69) is 15.6 Å². The van der Waals surface area contributed by atoms with Crippen molar-refractivity contribution in [3.8, 4) is 5.75 Å². The van der Waals surface area contributed by atoms with E-state index in [1.807, 2.05) is 53.8 Å². The Bertz CT molecular complexity index is 835. The van der Waals surface area contributed by atoms with Crippen LogP contribution in [0.2, 0.25) is 0 Å². The SMILES string of the molecule is CCOc1ccccc1CN1CCNC(=O)[C@@H]1CC(=O)NCc1nccn1CC. The lowest BCUT2D eigenvalue weighted by atomic mass is 10.1. The Balaban J connectivity index is 1.64. The van der Waals surface area contributed by atoms with E-state index in [0.717, 1.165) is 23.7 Å². The first kappa shape index (κ1) is 20.9. The predicted molar refractivity (Wildman–Crippen MR) is 109 cm³/mol. The lowest BCUT2D eigenvalue weighted by molar-refractivity contribution is -0.134. The molecule has 8 nitrogen and oxygen atoms in total. The Hall–Kier alpha value is -2.87. The van der Waals surface area contributed by atoms with Gasteiger partial charge in [0.1, 0.15) is 11.6 Å². The second kappa shape index (κ2) is 10.1. The average molecular weight is 399 g/mol. The van der Waals surface area contributed by atoms with Gasteiger partial charge in [-0.3, -0.25) is 14.5 Å². The van der Waals surface area contributed by atoms with Gasteiger partial charge in [0.15, 0.2) is 0 Å². The zero-order valence-corrected chi connectivity index (χ0v) is 17.1. The number of imidazole rings is 1. The van der Waals surface area contributed by atoms with E-state index in [1.54, 1.807) is 6.20 Å². The van der Waals surface area contributed by atoms with E-state index in [4.69, 9.17) is 4.74 Å². The van der Waals surface area contributed by atoms with Gasteiger partial charge in [-0.2, -0.15) is 0 Å². The number of carbonyl (C=O) groups excluding carboxylic acids is 2. The van der Waals surface area contributed by atoms with Crippen molar-refractivity contribution in [3.63, 3.8) is 0 Å². The van der Waals surface area contributed by atoms with Crippen LogP contribution in [0.15, 0.2) is 36.7 Å². The van der Waals surface area contributed by atoms with Gasteiger partial charge in [0.2, 0.25) is 11.8 Å². The Morgan fingerprint density at radius 2 is 2.17 bits per heavy atom. The third-order valence-corrected chi connectivity index (χ3v) is 5.05. The summed E-state index contributed by atoms with van der Waals surface area (Å²) in [6.45, 7) is 7.51. The number of aromatic nitrogens is 2. The van der Waals surface area contributed by atoms with Crippen molar-refractivity contribution in [1.82, 2.24) is 25.1 Å². The van der Waals surface area contributed by atoms with Crippen molar-refractivity contribution in [1.29, 1.82) is 0 Å². The molecule has 1 atom stereocenters. The molecule has 156 valence electrons. The Kier molecular flexibility index (Phi) is 7.24. The van der Waals surface area contributed by atoms with Gasteiger partial charge >= 0.3 is 0 Å². The smallest absolute Gasteiger partial charge is 0.237 e. The van der Waals surface area contributed by atoms with E-state index < -0.39 is 6.04 Å². The van der Waals surface area contributed by atoms with Gasteiger partial charge in [0, 0.05) is 44.1 Å². The first-order chi connectivity index (χ1) is 14.1. The molecule has 0 aliphatic carbocycles. The molecule has 0 unspecified atom stereocenters. The first-order valence-electron chi connectivity index (χ1n) is 10.1. The molecule has 2 heterocycles. The monoisotopic (exact) mass is 399 g/mol. The van der Waals surface area contributed by atoms with Gasteiger partial charge in [0.05, 0.1) is 25.6 Å². The van der Waals surface area contributed by atoms with Crippen LogP contribution in [0.1, 0.15) is 31.7 Å². The van der Waals surface area contributed by atoms with Gasteiger partial charge in [0.25, 0.3) is 0 Å². The molecule has 1 aromatic carbocycles. The van der Waals surface area contributed by atoms with Crippen LogP contribution in [0.25, 0.3) is 0 Å². The number of amides is 2. The zero-order chi connectivity index (χ0) is 20.6. The number of benzene rings is 1. The summed E-state index contributed by atoms with van der Waals surface area (Å²) < 4.78 is 7.68. The molecule has 0 saturated carbocycles. The van der Waals surface area contributed by atoms with E-state index >= 15 is 0 Å². The summed E-state index contributed by atoms with van der Waals surface area (Å²) in [5, 5.41) is 5.76. The van der Waals surface area contributed by atoms with Crippen molar-refractivity contribution in [3.05, 3.63) is 48.0 Å². The first-order valence-corrected chi connectivity index (χ1v) is 10.1. The standard InChI is InChI=1S/C21H29N5O3/c1-3-25-11-9-22-19(25)14-24-20(27)13-17-21(28)23-10-12-26(17)15-16-7-5-6-8-18(16)29-4-2/h5-9,11,17H,3-4,10,12-15H2,1-2H3,(H,23,28)(H,24,27)/t17-/m0/s1. The van der Waals surface area contributed by atoms with Crippen LogP contribution in [0, 0.1) is 0 Å². The number of aryl methyl sites for hydroxylation is 1. The molecule has 2 N–H and O–H groups in total. The van der Waals surface area contributed by atoms with E-state index in [1.165, 1.54) is 0 Å². The maximum Gasteiger partial charge on any atom is 0.237 e.